The predicted octanol–water partition coefficient (Wildman–Crippen LogP) is 4.65. The molecule has 4 saturated carbocycles. The van der Waals surface area contributed by atoms with Crippen molar-refractivity contribution in [2.45, 2.75) is 88.5 Å². The van der Waals surface area contributed by atoms with Gasteiger partial charge in [0.15, 0.2) is 5.16 Å². The van der Waals surface area contributed by atoms with Crippen LogP contribution in [-0.4, -0.2) is 37.2 Å². The predicted molar refractivity (Wildman–Crippen MR) is 117 cm³/mol. The summed E-state index contributed by atoms with van der Waals surface area (Å²) in [4.78, 5) is 4.45. The number of rotatable bonds is 3. The van der Waals surface area contributed by atoms with Gasteiger partial charge in [0.25, 0.3) is 0 Å². The van der Waals surface area contributed by atoms with Crippen LogP contribution in [0, 0.1) is 34.5 Å². The highest BCUT2D eigenvalue weighted by molar-refractivity contribution is 7.99. The van der Waals surface area contributed by atoms with E-state index in [-0.39, 0.29) is 11.5 Å². The number of nitrogens with zero attached hydrogens (tertiary/aromatic N) is 2. The molecule has 1 aromatic rings. The molecule has 0 saturated heterocycles. The molecule has 8 atom stereocenters. The van der Waals surface area contributed by atoms with Crippen molar-refractivity contribution in [1.29, 1.82) is 0 Å². The van der Waals surface area contributed by atoms with E-state index in [0.717, 1.165) is 48.4 Å². The Labute approximate surface area is 179 Å². The minimum atomic E-state index is -0.584. The van der Waals surface area contributed by atoms with Crippen LogP contribution < -0.4 is 0 Å². The number of imidazole rings is 1. The molecule has 0 unspecified atom stereocenters. The molecule has 4 nitrogen and oxygen atoms in total. The number of aliphatic hydroxyl groups excluding tert-OH is 1. The van der Waals surface area contributed by atoms with E-state index in [4.69, 9.17) is 0 Å². The smallest absolute Gasteiger partial charge is 0.167 e. The second-order valence-electron chi connectivity index (χ2n) is 11.2. The first-order chi connectivity index (χ1) is 13.8. The molecule has 29 heavy (non-hydrogen) atoms. The lowest BCUT2D eigenvalue weighted by Gasteiger charge is -2.61. The van der Waals surface area contributed by atoms with Gasteiger partial charge in [-0.15, -0.1) is 0 Å². The minimum absolute atomic E-state index is 0.0315. The minimum Gasteiger partial charge on any atom is -0.393 e. The van der Waals surface area contributed by atoms with E-state index in [0.29, 0.717) is 17.3 Å². The first kappa shape index (κ1) is 20.4. The molecule has 0 aromatic carbocycles. The van der Waals surface area contributed by atoms with Gasteiger partial charge < -0.3 is 14.8 Å². The van der Waals surface area contributed by atoms with Crippen LogP contribution in [-0.2, 0) is 7.05 Å². The third kappa shape index (κ3) is 2.97. The molecule has 0 spiro atoms. The van der Waals surface area contributed by atoms with Gasteiger partial charge in [0.1, 0.15) is 0 Å². The normalized spacial score (nSPS) is 49.3. The Kier molecular flexibility index (Phi) is 4.92. The van der Waals surface area contributed by atoms with E-state index < -0.39 is 5.60 Å². The van der Waals surface area contributed by atoms with E-state index >= 15 is 0 Å². The van der Waals surface area contributed by atoms with Crippen molar-refractivity contribution < 1.29 is 10.2 Å². The topological polar surface area (TPSA) is 58.3 Å². The summed E-state index contributed by atoms with van der Waals surface area (Å²) in [5.74, 6) is 3.66. The van der Waals surface area contributed by atoms with E-state index in [1.54, 1.807) is 11.8 Å². The zero-order valence-electron chi connectivity index (χ0n) is 18.3. The highest BCUT2D eigenvalue weighted by Crippen LogP contribution is 2.68. The molecule has 5 rings (SSSR count). The Morgan fingerprint density at radius 3 is 2.66 bits per heavy atom. The standard InChI is InChI=1S/C24H38N2O2S/c1-22-9-6-17(27)14-16(22)4-5-18-19(22)7-10-23(2)20(18)8-11-24(23,28)15-29-21-25-12-13-26(21)3/h12-13,16-20,27-28H,4-11,14-15H2,1-3H3/t16-,17+,18-,19-,20-,22+,23+,24-/m1/s1. The molecule has 0 aliphatic heterocycles. The van der Waals surface area contributed by atoms with Crippen molar-refractivity contribution in [1.82, 2.24) is 9.55 Å². The number of aliphatic hydroxyl groups is 2. The SMILES string of the molecule is Cn1ccnc1SC[C@]1(O)CC[C@@H]2[C@@H]3CC[C@@H]4C[C@@H](O)CC[C@]4(C)[C@@H]3CC[C@@]21C. The van der Waals surface area contributed by atoms with E-state index in [2.05, 4.69) is 23.4 Å². The highest BCUT2D eigenvalue weighted by Gasteiger charge is 2.64. The second-order valence-corrected chi connectivity index (χ2v) is 12.2. The molecule has 1 aromatic heterocycles. The average Bonchev–Trinajstić information content (AvgIpc) is 3.22. The van der Waals surface area contributed by atoms with Crippen LogP contribution in [0.25, 0.3) is 0 Å². The first-order valence-electron chi connectivity index (χ1n) is 11.8. The zero-order chi connectivity index (χ0) is 20.4. The Hall–Kier alpha value is -0.520. The molecule has 5 heteroatoms. The van der Waals surface area contributed by atoms with Crippen molar-refractivity contribution in [3.05, 3.63) is 12.4 Å². The van der Waals surface area contributed by atoms with Gasteiger partial charge >= 0.3 is 0 Å². The molecular weight excluding hydrogens is 380 g/mol. The van der Waals surface area contributed by atoms with Crippen molar-refractivity contribution >= 4 is 11.8 Å². The Balaban J connectivity index is 1.36. The summed E-state index contributed by atoms with van der Waals surface area (Å²) in [6.07, 6.45) is 14.1. The fourth-order valence-corrected chi connectivity index (χ4v) is 9.50. The van der Waals surface area contributed by atoms with Gasteiger partial charge in [0, 0.05) is 30.6 Å². The maximum atomic E-state index is 11.9. The monoisotopic (exact) mass is 418 g/mol. The third-order valence-corrected chi connectivity index (χ3v) is 11.5. The second kappa shape index (κ2) is 7.00. The molecule has 0 bridgehead atoms. The van der Waals surface area contributed by atoms with Crippen LogP contribution in [0.1, 0.15) is 71.6 Å². The summed E-state index contributed by atoms with van der Waals surface area (Å²) in [5.41, 5.74) is -0.143. The van der Waals surface area contributed by atoms with Crippen LogP contribution in [0.4, 0.5) is 0 Å². The number of thioether (sulfide) groups is 1. The van der Waals surface area contributed by atoms with Crippen molar-refractivity contribution in [3.63, 3.8) is 0 Å². The van der Waals surface area contributed by atoms with Crippen LogP contribution in [0.2, 0.25) is 0 Å². The third-order valence-electron chi connectivity index (χ3n) is 10.2. The average molecular weight is 419 g/mol. The molecular formula is C24H38N2O2S. The van der Waals surface area contributed by atoms with Gasteiger partial charge in [0.05, 0.1) is 11.7 Å². The lowest BCUT2D eigenvalue weighted by Crippen LogP contribution is -2.57. The maximum absolute atomic E-state index is 11.9. The van der Waals surface area contributed by atoms with Gasteiger partial charge in [-0.3, -0.25) is 0 Å². The molecule has 1 heterocycles. The molecule has 4 fully saturated rings. The van der Waals surface area contributed by atoms with Crippen molar-refractivity contribution in [3.8, 4) is 0 Å². The number of aryl methyl sites for hydroxylation is 1. The number of hydrogen-bond donors (Lipinski definition) is 2. The molecule has 4 aliphatic carbocycles. The zero-order valence-corrected chi connectivity index (χ0v) is 19.1. The fraction of sp³-hybridized carbons (Fsp3) is 0.875. The van der Waals surface area contributed by atoms with E-state index in [1.807, 2.05) is 19.4 Å². The fourth-order valence-electron chi connectivity index (χ4n) is 8.26. The van der Waals surface area contributed by atoms with Gasteiger partial charge in [-0.2, -0.15) is 0 Å². The largest absolute Gasteiger partial charge is 0.393 e. The summed E-state index contributed by atoms with van der Waals surface area (Å²) >= 11 is 1.73. The Morgan fingerprint density at radius 2 is 1.90 bits per heavy atom. The van der Waals surface area contributed by atoms with Gasteiger partial charge in [-0.05, 0) is 86.9 Å². The molecule has 0 amide bonds. The van der Waals surface area contributed by atoms with Crippen LogP contribution >= 0.6 is 11.8 Å². The molecule has 4 aliphatic rings. The van der Waals surface area contributed by atoms with Crippen molar-refractivity contribution in [2.75, 3.05) is 5.75 Å². The van der Waals surface area contributed by atoms with Crippen LogP contribution in [0.5, 0.6) is 0 Å². The molecule has 162 valence electrons. The Bertz CT molecular complexity index is 768. The number of aromatic nitrogens is 2. The maximum Gasteiger partial charge on any atom is 0.167 e. The summed E-state index contributed by atoms with van der Waals surface area (Å²) in [5, 5.41) is 23.1. The van der Waals surface area contributed by atoms with Crippen LogP contribution in [0.15, 0.2) is 17.6 Å². The summed E-state index contributed by atoms with van der Waals surface area (Å²) < 4.78 is 2.05. The van der Waals surface area contributed by atoms with Crippen LogP contribution in [0.3, 0.4) is 0 Å². The van der Waals surface area contributed by atoms with Gasteiger partial charge in [-0.25, -0.2) is 4.98 Å². The summed E-state index contributed by atoms with van der Waals surface area (Å²) in [7, 11) is 2.03. The number of fused-ring (bicyclic) bond motifs is 5. The number of hydrogen-bond acceptors (Lipinski definition) is 4. The van der Waals surface area contributed by atoms with Gasteiger partial charge in [0.2, 0.25) is 0 Å². The lowest BCUT2D eigenvalue weighted by atomic mass is 9.44. The quantitative estimate of drug-likeness (QED) is 0.702. The Morgan fingerprint density at radius 1 is 1.10 bits per heavy atom. The van der Waals surface area contributed by atoms with Crippen molar-refractivity contribution in [2.24, 2.45) is 41.5 Å². The van der Waals surface area contributed by atoms with E-state index in [9.17, 15) is 10.2 Å². The molecule has 2 N–H and O–H groups in total. The lowest BCUT2D eigenvalue weighted by molar-refractivity contribution is -0.152. The summed E-state index contributed by atoms with van der Waals surface area (Å²) in [6.45, 7) is 4.94. The van der Waals surface area contributed by atoms with E-state index in [1.165, 1.54) is 32.1 Å². The first-order valence-corrected chi connectivity index (χ1v) is 12.8. The van der Waals surface area contributed by atoms with Gasteiger partial charge in [-0.1, -0.05) is 25.6 Å². The summed E-state index contributed by atoms with van der Waals surface area (Å²) in [6, 6.07) is 0. The highest BCUT2D eigenvalue weighted by atomic mass is 32.2. The molecule has 0 radical (unpaired) electrons.